The van der Waals surface area contributed by atoms with Crippen molar-refractivity contribution >= 4 is 5.57 Å². The van der Waals surface area contributed by atoms with Gasteiger partial charge in [0.25, 0.3) is 0 Å². The maximum atomic E-state index is 5.88. The van der Waals surface area contributed by atoms with Gasteiger partial charge in [-0.15, -0.1) is 0 Å². The van der Waals surface area contributed by atoms with Gasteiger partial charge in [0, 0.05) is 18.0 Å². The number of fused-ring (bicyclic) bond motifs is 2. The van der Waals surface area contributed by atoms with Crippen molar-refractivity contribution in [3.63, 3.8) is 0 Å². The standard InChI is InChI=1S/C14H17N3O/c1-8(15)5-12-14-11-7-10(18-2)4-3-9(11)6-13(14)17-16-12/h3-4,7-8,12H,5-6,15H2,1-2H3/t8-,12?/m1/s1. The second-order valence-electron chi connectivity index (χ2n) is 5.00. The van der Waals surface area contributed by atoms with Crippen LogP contribution in [0.2, 0.25) is 0 Å². The fourth-order valence-corrected chi connectivity index (χ4v) is 2.69. The van der Waals surface area contributed by atoms with Gasteiger partial charge in [0.05, 0.1) is 12.8 Å². The van der Waals surface area contributed by atoms with Crippen LogP contribution in [-0.2, 0) is 6.42 Å². The lowest BCUT2D eigenvalue weighted by Gasteiger charge is -2.14. The minimum Gasteiger partial charge on any atom is -0.497 e. The number of methoxy groups -OCH3 is 1. The van der Waals surface area contributed by atoms with Crippen LogP contribution in [0.25, 0.3) is 5.57 Å². The summed E-state index contributed by atoms with van der Waals surface area (Å²) < 4.78 is 5.30. The summed E-state index contributed by atoms with van der Waals surface area (Å²) >= 11 is 0. The molecule has 4 nitrogen and oxygen atoms in total. The normalized spacial score (nSPS) is 22.1. The summed E-state index contributed by atoms with van der Waals surface area (Å²) in [5, 5.41) is 8.66. The Morgan fingerprint density at radius 2 is 2.33 bits per heavy atom. The molecular weight excluding hydrogens is 226 g/mol. The number of hydrogen-bond acceptors (Lipinski definition) is 4. The molecule has 1 aliphatic heterocycles. The molecule has 3 rings (SSSR count). The maximum absolute atomic E-state index is 5.88. The number of benzene rings is 1. The first kappa shape index (κ1) is 11.4. The van der Waals surface area contributed by atoms with E-state index in [1.54, 1.807) is 7.11 Å². The molecule has 1 aliphatic carbocycles. The zero-order valence-electron chi connectivity index (χ0n) is 10.7. The minimum atomic E-state index is 0.119. The molecule has 1 heterocycles. The number of hydrogen-bond donors (Lipinski definition) is 1. The van der Waals surface area contributed by atoms with Gasteiger partial charge >= 0.3 is 0 Å². The Kier molecular flexibility index (Phi) is 2.67. The molecule has 2 aliphatic rings. The molecule has 94 valence electrons. The van der Waals surface area contributed by atoms with E-state index in [1.807, 2.05) is 13.0 Å². The van der Waals surface area contributed by atoms with Gasteiger partial charge in [-0.25, -0.2) is 0 Å². The smallest absolute Gasteiger partial charge is 0.119 e. The number of nitrogens with two attached hydrogens (primary N) is 1. The number of nitrogens with zero attached hydrogens (tertiary/aromatic N) is 2. The molecule has 0 bridgehead atoms. The van der Waals surface area contributed by atoms with Crippen molar-refractivity contribution in [1.29, 1.82) is 0 Å². The van der Waals surface area contributed by atoms with Gasteiger partial charge in [-0.05, 0) is 36.6 Å². The second kappa shape index (κ2) is 4.21. The van der Waals surface area contributed by atoms with E-state index < -0.39 is 0 Å². The van der Waals surface area contributed by atoms with E-state index in [9.17, 15) is 0 Å². The molecule has 1 aromatic rings. The van der Waals surface area contributed by atoms with E-state index in [-0.39, 0.29) is 12.1 Å². The summed E-state index contributed by atoms with van der Waals surface area (Å²) in [5.41, 5.74) is 10.8. The van der Waals surface area contributed by atoms with Crippen molar-refractivity contribution in [3.8, 4) is 5.75 Å². The third-order valence-corrected chi connectivity index (χ3v) is 3.52. The van der Waals surface area contributed by atoms with Crippen LogP contribution >= 0.6 is 0 Å². The second-order valence-corrected chi connectivity index (χ2v) is 5.00. The molecule has 0 amide bonds. The van der Waals surface area contributed by atoms with Gasteiger partial charge in [0.1, 0.15) is 11.8 Å². The van der Waals surface area contributed by atoms with Crippen molar-refractivity contribution in [1.82, 2.24) is 0 Å². The van der Waals surface area contributed by atoms with E-state index in [0.29, 0.717) is 0 Å². The van der Waals surface area contributed by atoms with Crippen LogP contribution in [0.5, 0.6) is 5.75 Å². The van der Waals surface area contributed by atoms with E-state index in [4.69, 9.17) is 10.5 Å². The summed E-state index contributed by atoms with van der Waals surface area (Å²) in [7, 11) is 1.69. The van der Waals surface area contributed by atoms with Gasteiger partial charge in [0.15, 0.2) is 0 Å². The summed E-state index contributed by atoms with van der Waals surface area (Å²) in [6, 6.07) is 6.45. The van der Waals surface area contributed by atoms with Crippen LogP contribution in [0.15, 0.2) is 34.1 Å². The largest absolute Gasteiger partial charge is 0.497 e. The molecule has 0 saturated heterocycles. The minimum absolute atomic E-state index is 0.119. The van der Waals surface area contributed by atoms with Gasteiger partial charge in [-0.3, -0.25) is 0 Å². The Bertz CT molecular complexity index is 546. The van der Waals surface area contributed by atoms with Crippen LogP contribution in [-0.4, -0.2) is 19.2 Å². The molecule has 0 aromatic heterocycles. The predicted molar refractivity (Wildman–Crippen MR) is 70.5 cm³/mol. The van der Waals surface area contributed by atoms with Crippen molar-refractivity contribution in [2.45, 2.75) is 31.8 Å². The fourth-order valence-electron chi connectivity index (χ4n) is 2.69. The predicted octanol–water partition coefficient (Wildman–Crippen LogP) is 2.53. The lowest BCUT2D eigenvalue weighted by atomic mass is 9.96. The van der Waals surface area contributed by atoms with Crippen molar-refractivity contribution in [2.24, 2.45) is 16.0 Å². The molecule has 0 radical (unpaired) electrons. The van der Waals surface area contributed by atoms with Gasteiger partial charge in [0.2, 0.25) is 0 Å². The summed E-state index contributed by atoms with van der Waals surface area (Å²) in [6.07, 6.45) is 1.73. The lowest BCUT2D eigenvalue weighted by molar-refractivity contribution is 0.414. The quantitative estimate of drug-likeness (QED) is 0.886. The van der Waals surface area contributed by atoms with Crippen LogP contribution < -0.4 is 10.5 Å². The fraction of sp³-hybridized carbons (Fsp3) is 0.429. The number of allylic oxidation sites excluding steroid dienone is 1. The zero-order chi connectivity index (χ0) is 12.7. The molecule has 4 heteroatoms. The molecule has 1 aromatic carbocycles. The maximum Gasteiger partial charge on any atom is 0.119 e. The van der Waals surface area contributed by atoms with Crippen LogP contribution in [0.4, 0.5) is 0 Å². The molecule has 2 atom stereocenters. The van der Waals surface area contributed by atoms with Gasteiger partial charge in [-0.1, -0.05) is 6.07 Å². The molecule has 1 unspecified atom stereocenters. The highest BCUT2D eigenvalue weighted by molar-refractivity contribution is 5.81. The molecule has 2 N–H and O–H groups in total. The van der Waals surface area contributed by atoms with Gasteiger partial charge < -0.3 is 10.5 Å². The highest BCUT2D eigenvalue weighted by Gasteiger charge is 2.32. The van der Waals surface area contributed by atoms with Crippen molar-refractivity contribution in [2.75, 3.05) is 7.11 Å². The van der Waals surface area contributed by atoms with Crippen LogP contribution in [0.3, 0.4) is 0 Å². The van der Waals surface area contributed by atoms with E-state index in [1.165, 1.54) is 16.7 Å². The SMILES string of the molecule is COc1ccc2c(c1)C1=C(C2)N=NC1C[C@@H](C)N. The first-order valence-electron chi connectivity index (χ1n) is 6.26. The summed E-state index contributed by atoms with van der Waals surface area (Å²) in [6.45, 7) is 2.01. The highest BCUT2D eigenvalue weighted by atomic mass is 16.5. The van der Waals surface area contributed by atoms with Crippen LogP contribution in [0.1, 0.15) is 24.5 Å². The molecule has 18 heavy (non-hydrogen) atoms. The Labute approximate surface area is 107 Å². The topological polar surface area (TPSA) is 60.0 Å². The Balaban J connectivity index is 1.98. The molecular formula is C14H17N3O. The lowest BCUT2D eigenvalue weighted by Crippen LogP contribution is -2.21. The van der Waals surface area contributed by atoms with Gasteiger partial charge in [-0.2, -0.15) is 10.2 Å². The summed E-state index contributed by atoms with van der Waals surface area (Å²) in [5.74, 6) is 0.883. The number of ether oxygens (including phenoxy) is 1. The molecule has 0 saturated carbocycles. The van der Waals surface area contributed by atoms with Crippen molar-refractivity contribution < 1.29 is 4.74 Å². The molecule has 0 fully saturated rings. The van der Waals surface area contributed by atoms with E-state index in [0.717, 1.165) is 24.3 Å². The monoisotopic (exact) mass is 243 g/mol. The van der Waals surface area contributed by atoms with Crippen LogP contribution in [0, 0.1) is 0 Å². The third kappa shape index (κ3) is 1.73. The first-order valence-corrected chi connectivity index (χ1v) is 6.26. The molecule has 0 spiro atoms. The number of rotatable bonds is 3. The Morgan fingerprint density at radius 3 is 3.06 bits per heavy atom. The number of azo groups is 1. The summed E-state index contributed by atoms with van der Waals surface area (Å²) in [4.78, 5) is 0. The van der Waals surface area contributed by atoms with E-state index >= 15 is 0 Å². The third-order valence-electron chi connectivity index (χ3n) is 3.52. The first-order chi connectivity index (χ1) is 8.69. The Morgan fingerprint density at radius 1 is 1.50 bits per heavy atom. The average molecular weight is 243 g/mol. The Hall–Kier alpha value is -1.68. The zero-order valence-corrected chi connectivity index (χ0v) is 10.7. The van der Waals surface area contributed by atoms with E-state index in [2.05, 4.69) is 22.4 Å². The average Bonchev–Trinajstić information content (AvgIpc) is 2.88. The highest BCUT2D eigenvalue weighted by Crippen LogP contribution is 2.43. The van der Waals surface area contributed by atoms with Crippen molar-refractivity contribution in [3.05, 3.63) is 35.0 Å².